The van der Waals surface area contributed by atoms with Crippen molar-refractivity contribution in [2.75, 3.05) is 0 Å². The Morgan fingerprint density at radius 1 is 1.17 bits per heavy atom. The van der Waals surface area contributed by atoms with E-state index in [0.717, 1.165) is 11.1 Å². The molecule has 122 valence electrons. The van der Waals surface area contributed by atoms with Gasteiger partial charge in [-0.2, -0.15) is 0 Å². The number of carbonyl (C=O) groups is 1. The predicted molar refractivity (Wildman–Crippen MR) is 94.2 cm³/mol. The van der Waals surface area contributed by atoms with E-state index in [0.29, 0.717) is 28.8 Å². The molecule has 2 aromatic rings. The lowest BCUT2D eigenvalue weighted by Gasteiger charge is -2.18. The second-order valence-electron chi connectivity index (χ2n) is 5.23. The van der Waals surface area contributed by atoms with Crippen LogP contribution >= 0.6 is 23.2 Å². The number of ether oxygens (including phenoxy) is 1. The molecule has 0 saturated heterocycles. The Hall–Kier alpha value is -1.71. The van der Waals surface area contributed by atoms with E-state index in [4.69, 9.17) is 27.9 Å². The molecule has 0 aliphatic heterocycles. The molecule has 0 aromatic heterocycles. The van der Waals surface area contributed by atoms with Gasteiger partial charge in [-0.25, -0.2) is 0 Å². The number of rotatable bonds is 6. The van der Waals surface area contributed by atoms with Gasteiger partial charge in [0.1, 0.15) is 5.75 Å². The highest BCUT2D eigenvalue weighted by molar-refractivity contribution is 6.31. The number of benzene rings is 2. The van der Waals surface area contributed by atoms with Crippen molar-refractivity contribution in [1.82, 2.24) is 5.32 Å². The van der Waals surface area contributed by atoms with Crippen LogP contribution in [0.1, 0.15) is 24.5 Å². The molecule has 0 aliphatic carbocycles. The zero-order valence-corrected chi connectivity index (χ0v) is 14.6. The summed E-state index contributed by atoms with van der Waals surface area (Å²) in [6, 6.07) is 12.8. The van der Waals surface area contributed by atoms with E-state index in [-0.39, 0.29) is 5.91 Å². The molecule has 0 bridgehead atoms. The number of halogens is 2. The molecule has 2 rings (SSSR count). The van der Waals surface area contributed by atoms with Crippen LogP contribution in [0.3, 0.4) is 0 Å². The van der Waals surface area contributed by atoms with E-state index in [1.54, 1.807) is 18.2 Å². The van der Waals surface area contributed by atoms with E-state index < -0.39 is 6.10 Å². The monoisotopic (exact) mass is 351 g/mol. The van der Waals surface area contributed by atoms with Crippen LogP contribution in [0, 0.1) is 6.92 Å². The minimum atomic E-state index is -0.557. The number of hydrogen-bond donors (Lipinski definition) is 1. The second kappa shape index (κ2) is 8.23. The van der Waals surface area contributed by atoms with E-state index in [2.05, 4.69) is 5.32 Å². The topological polar surface area (TPSA) is 38.3 Å². The smallest absolute Gasteiger partial charge is 0.261 e. The summed E-state index contributed by atoms with van der Waals surface area (Å²) < 4.78 is 5.78. The molecular formula is C18H19Cl2NO2. The van der Waals surface area contributed by atoms with Crippen LogP contribution in [-0.2, 0) is 11.3 Å². The van der Waals surface area contributed by atoms with Gasteiger partial charge < -0.3 is 10.1 Å². The molecular weight excluding hydrogens is 333 g/mol. The van der Waals surface area contributed by atoms with Crippen molar-refractivity contribution in [3.63, 3.8) is 0 Å². The fourth-order valence-corrected chi connectivity index (χ4v) is 2.44. The third-order valence-corrected chi connectivity index (χ3v) is 4.27. The van der Waals surface area contributed by atoms with E-state index in [1.807, 2.05) is 38.1 Å². The lowest BCUT2D eigenvalue weighted by Crippen LogP contribution is -2.37. The second-order valence-corrected chi connectivity index (χ2v) is 6.05. The average Bonchev–Trinajstić information content (AvgIpc) is 2.54. The van der Waals surface area contributed by atoms with Gasteiger partial charge in [-0.05, 0) is 48.7 Å². The van der Waals surface area contributed by atoms with Crippen molar-refractivity contribution >= 4 is 29.1 Å². The summed E-state index contributed by atoms with van der Waals surface area (Å²) in [6.07, 6.45) is 0.00816. The highest BCUT2D eigenvalue weighted by Crippen LogP contribution is 2.22. The molecule has 1 atom stereocenters. The zero-order chi connectivity index (χ0) is 16.8. The number of aryl methyl sites for hydroxylation is 1. The maximum Gasteiger partial charge on any atom is 0.261 e. The van der Waals surface area contributed by atoms with Crippen molar-refractivity contribution in [1.29, 1.82) is 0 Å². The standard InChI is InChI=1S/C18H19Cl2NO2/c1-3-17(23-14-8-9-15(19)12(2)10-14)18(22)21-11-13-6-4-5-7-16(13)20/h4-10,17H,3,11H2,1-2H3,(H,21,22)/t17-/m1/s1. The average molecular weight is 352 g/mol. The lowest BCUT2D eigenvalue weighted by molar-refractivity contribution is -0.128. The van der Waals surface area contributed by atoms with Gasteiger partial charge in [0.05, 0.1) is 0 Å². The van der Waals surface area contributed by atoms with Crippen LogP contribution in [-0.4, -0.2) is 12.0 Å². The Balaban J connectivity index is 1.98. The first-order valence-corrected chi connectivity index (χ1v) is 8.20. The van der Waals surface area contributed by atoms with Gasteiger partial charge in [0.15, 0.2) is 6.10 Å². The molecule has 0 fully saturated rings. The molecule has 1 amide bonds. The number of nitrogens with one attached hydrogen (secondary N) is 1. The zero-order valence-electron chi connectivity index (χ0n) is 13.1. The number of amides is 1. The summed E-state index contributed by atoms with van der Waals surface area (Å²) >= 11 is 12.1. The number of hydrogen-bond acceptors (Lipinski definition) is 2. The van der Waals surface area contributed by atoms with Gasteiger partial charge in [0.2, 0.25) is 0 Å². The van der Waals surface area contributed by atoms with Crippen molar-refractivity contribution in [3.8, 4) is 5.75 Å². The maximum absolute atomic E-state index is 12.3. The Bertz CT molecular complexity index is 688. The van der Waals surface area contributed by atoms with Crippen molar-refractivity contribution in [2.45, 2.75) is 32.9 Å². The summed E-state index contributed by atoms with van der Waals surface area (Å²) in [5.41, 5.74) is 1.79. The molecule has 0 heterocycles. The molecule has 0 saturated carbocycles. The van der Waals surface area contributed by atoms with E-state index in [1.165, 1.54) is 0 Å². The molecule has 5 heteroatoms. The first kappa shape index (κ1) is 17.6. The van der Waals surface area contributed by atoms with Crippen molar-refractivity contribution < 1.29 is 9.53 Å². The molecule has 0 spiro atoms. The van der Waals surface area contributed by atoms with Crippen LogP contribution < -0.4 is 10.1 Å². The summed E-state index contributed by atoms with van der Waals surface area (Å²) in [5, 5.41) is 4.17. The van der Waals surface area contributed by atoms with Gasteiger partial charge in [0.25, 0.3) is 5.91 Å². The normalized spacial score (nSPS) is 11.8. The fraction of sp³-hybridized carbons (Fsp3) is 0.278. The lowest BCUT2D eigenvalue weighted by atomic mass is 10.2. The van der Waals surface area contributed by atoms with Gasteiger partial charge in [-0.3, -0.25) is 4.79 Å². The Morgan fingerprint density at radius 2 is 1.91 bits per heavy atom. The summed E-state index contributed by atoms with van der Waals surface area (Å²) in [5.74, 6) is 0.465. The summed E-state index contributed by atoms with van der Waals surface area (Å²) in [4.78, 5) is 12.3. The molecule has 2 aromatic carbocycles. The summed E-state index contributed by atoms with van der Waals surface area (Å²) in [6.45, 7) is 4.17. The van der Waals surface area contributed by atoms with Gasteiger partial charge in [0, 0.05) is 16.6 Å². The first-order valence-electron chi connectivity index (χ1n) is 7.45. The molecule has 0 aliphatic rings. The van der Waals surface area contributed by atoms with Crippen LogP contribution in [0.5, 0.6) is 5.75 Å². The predicted octanol–water partition coefficient (Wildman–Crippen LogP) is 4.78. The van der Waals surface area contributed by atoms with E-state index in [9.17, 15) is 4.79 Å². The Morgan fingerprint density at radius 3 is 2.57 bits per heavy atom. The highest BCUT2D eigenvalue weighted by Gasteiger charge is 2.18. The highest BCUT2D eigenvalue weighted by atomic mass is 35.5. The van der Waals surface area contributed by atoms with Crippen LogP contribution in [0.25, 0.3) is 0 Å². The van der Waals surface area contributed by atoms with Crippen LogP contribution in [0.4, 0.5) is 0 Å². The third-order valence-electron chi connectivity index (χ3n) is 3.48. The molecule has 0 unspecified atom stereocenters. The Kier molecular flexibility index (Phi) is 6.31. The largest absolute Gasteiger partial charge is 0.481 e. The van der Waals surface area contributed by atoms with Crippen molar-refractivity contribution in [2.24, 2.45) is 0 Å². The molecule has 0 radical (unpaired) electrons. The first-order chi connectivity index (χ1) is 11.0. The number of carbonyl (C=O) groups excluding carboxylic acids is 1. The van der Waals surface area contributed by atoms with Gasteiger partial charge in [-0.15, -0.1) is 0 Å². The molecule has 1 N–H and O–H groups in total. The summed E-state index contributed by atoms with van der Waals surface area (Å²) in [7, 11) is 0. The van der Waals surface area contributed by atoms with Crippen LogP contribution in [0.15, 0.2) is 42.5 Å². The fourth-order valence-electron chi connectivity index (χ4n) is 2.11. The van der Waals surface area contributed by atoms with Gasteiger partial charge in [-0.1, -0.05) is 48.3 Å². The third kappa shape index (κ3) is 4.88. The Labute approximate surface area is 146 Å². The molecule has 3 nitrogen and oxygen atoms in total. The quantitative estimate of drug-likeness (QED) is 0.813. The van der Waals surface area contributed by atoms with Crippen molar-refractivity contribution in [3.05, 3.63) is 63.6 Å². The minimum absolute atomic E-state index is 0.167. The SMILES string of the molecule is CC[C@@H](Oc1ccc(Cl)c(C)c1)C(=O)NCc1ccccc1Cl. The van der Waals surface area contributed by atoms with E-state index >= 15 is 0 Å². The van der Waals surface area contributed by atoms with Crippen LogP contribution in [0.2, 0.25) is 10.0 Å². The molecule has 23 heavy (non-hydrogen) atoms. The van der Waals surface area contributed by atoms with Gasteiger partial charge >= 0.3 is 0 Å². The minimum Gasteiger partial charge on any atom is -0.481 e. The maximum atomic E-state index is 12.3.